The second kappa shape index (κ2) is 8.37. The molecule has 0 saturated carbocycles. The molecular weight excluding hydrogens is 352 g/mol. The minimum absolute atomic E-state index is 0.401. The van der Waals surface area contributed by atoms with E-state index in [4.69, 9.17) is 16.3 Å². The minimum atomic E-state index is 0.401. The van der Waals surface area contributed by atoms with Gasteiger partial charge in [-0.15, -0.1) is 0 Å². The summed E-state index contributed by atoms with van der Waals surface area (Å²) in [7, 11) is 0. The molecule has 0 aliphatic heterocycles. The molecule has 0 unspecified atom stereocenters. The molecule has 21 heavy (non-hydrogen) atoms. The zero-order chi connectivity index (χ0) is 15.1. The summed E-state index contributed by atoms with van der Waals surface area (Å²) in [5.41, 5.74) is 1.93. The highest BCUT2D eigenvalue weighted by atomic mass is 79.9. The van der Waals surface area contributed by atoms with E-state index >= 15 is 0 Å². The number of nitrogens with one attached hydrogen (secondary N) is 1. The van der Waals surface area contributed by atoms with Crippen molar-refractivity contribution in [3.05, 3.63) is 57.3 Å². The lowest BCUT2D eigenvalue weighted by atomic mass is 10.2. The summed E-state index contributed by atoms with van der Waals surface area (Å²) >= 11 is 9.62. The molecule has 0 aliphatic carbocycles. The maximum absolute atomic E-state index is 6.25. The second-order valence-electron chi connectivity index (χ2n) is 4.66. The lowest BCUT2D eigenvalue weighted by Crippen LogP contribution is -2.14. The van der Waals surface area contributed by atoms with Crippen LogP contribution in [-0.2, 0) is 13.2 Å². The van der Waals surface area contributed by atoms with Crippen LogP contribution in [-0.4, -0.2) is 11.5 Å². The molecule has 0 aliphatic rings. The Balaban J connectivity index is 2.05. The van der Waals surface area contributed by atoms with Crippen molar-refractivity contribution in [3.8, 4) is 5.75 Å². The Labute approximate surface area is 138 Å². The van der Waals surface area contributed by atoms with Gasteiger partial charge >= 0.3 is 0 Å². The van der Waals surface area contributed by atoms with E-state index in [9.17, 15) is 0 Å². The quantitative estimate of drug-likeness (QED) is 0.726. The van der Waals surface area contributed by atoms with Crippen LogP contribution in [0.25, 0.3) is 0 Å². The van der Waals surface area contributed by atoms with Crippen LogP contribution >= 0.6 is 27.5 Å². The standard InChI is InChI=1S/C16H18BrClN2O/c1-2-8-19-9-12-4-3-5-15(18)16(12)21-11-14-7-6-13(17)10-20-14/h3-7,10,19H,2,8-9,11H2,1H3. The third-order valence-corrected chi connectivity index (χ3v) is 3.71. The van der Waals surface area contributed by atoms with Gasteiger partial charge in [-0.2, -0.15) is 0 Å². The van der Waals surface area contributed by atoms with Crippen molar-refractivity contribution in [2.45, 2.75) is 26.5 Å². The van der Waals surface area contributed by atoms with E-state index in [1.165, 1.54) is 0 Å². The number of para-hydroxylation sites is 1. The normalized spacial score (nSPS) is 10.6. The fourth-order valence-corrected chi connectivity index (χ4v) is 2.38. The molecule has 0 amide bonds. The van der Waals surface area contributed by atoms with Crippen molar-refractivity contribution >= 4 is 27.5 Å². The van der Waals surface area contributed by atoms with Crippen molar-refractivity contribution in [3.63, 3.8) is 0 Å². The molecule has 0 bridgehead atoms. The summed E-state index contributed by atoms with van der Waals surface area (Å²) in [6, 6.07) is 9.68. The zero-order valence-corrected chi connectivity index (χ0v) is 14.2. The van der Waals surface area contributed by atoms with Crippen LogP contribution in [0.2, 0.25) is 5.02 Å². The number of halogens is 2. The van der Waals surface area contributed by atoms with Crippen molar-refractivity contribution < 1.29 is 4.74 Å². The molecule has 0 saturated heterocycles. The van der Waals surface area contributed by atoms with Gasteiger partial charge in [0.15, 0.2) is 0 Å². The molecule has 2 rings (SSSR count). The Morgan fingerprint density at radius 2 is 2.14 bits per heavy atom. The predicted molar refractivity (Wildman–Crippen MR) is 89.7 cm³/mol. The van der Waals surface area contributed by atoms with Gasteiger partial charge < -0.3 is 10.1 Å². The number of nitrogens with zero attached hydrogens (tertiary/aromatic N) is 1. The Morgan fingerprint density at radius 1 is 1.29 bits per heavy atom. The maximum Gasteiger partial charge on any atom is 0.142 e. The van der Waals surface area contributed by atoms with Crippen LogP contribution in [0.5, 0.6) is 5.75 Å². The van der Waals surface area contributed by atoms with E-state index < -0.39 is 0 Å². The summed E-state index contributed by atoms with van der Waals surface area (Å²) in [5, 5.41) is 3.99. The van der Waals surface area contributed by atoms with E-state index in [2.05, 4.69) is 33.2 Å². The van der Waals surface area contributed by atoms with E-state index in [0.717, 1.165) is 41.0 Å². The summed E-state index contributed by atoms with van der Waals surface area (Å²) in [6.07, 6.45) is 2.86. The first kappa shape index (κ1) is 16.3. The second-order valence-corrected chi connectivity index (χ2v) is 5.98. The first-order chi connectivity index (χ1) is 10.2. The van der Waals surface area contributed by atoms with Gasteiger partial charge in [-0.25, -0.2) is 0 Å². The van der Waals surface area contributed by atoms with Crippen LogP contribution in [0.4, 0.5) is 0 Å². The number of hydrogen-bond acceptors (Lipinski definition) is 3. The Bertz CT molecular complexity index is 575. The fraction of sp³-hybridized carbons (Fsp3) is 0.312. The highest BCUT2D eigenvalue weighted by Gasteiger charge is 2.09. The van der Waals surface area contributed by atoms with Crippen LogP contribution in [0.15, 0.2) is 41.0 Å². The summed E-state index contributed by atoms with van der Waals surface area (Å²) in [4.78, 5) is 4.30. The molecule has 1 heterocycles. The van der Waals surface area contributed by atoms with Crippen molar-refractivity contribution in [1.29, 1.82) is 0 Å². The largest absolute Gasteiger partial charge is 0.485 e. The highest BCUT2D eigenvalue weighted by Crippen LogP contribution is 2.29. The molecule has 5 heteroatoms. The monoisotopic (exact) mass is 368 g/mol. The molecule has 1 N–H and O–H groups in total. The van der Waals surface area contributed by atoms with E-state index in [0.29, 0.717) is 11.6 Å². The van der Waals surface area contributed by atoms with Gasteiger partial charge in [-0.05, 0) is 47.1 Å². The molecular formula is C16H18BrClN2O. The smallest absolute Gasteiger partial charge is 0.142 e. The van der Waals surface area contributed by atoms with Gasteiger partial charge in [0.2, 0.25) is 0 Å². The van der Waals surface area contributed by atoms with Crippen molar-refractivity contribution in [1.82, 2.24) is 10.3 Å². The van der Waals surface area contributed by atoms with Crippen LogP contribution in [0.1, 0.15) is 24.6 Å². The topological polar surface area (TPSA) is 34.1 Å². The Kier molecular flexibility index (Phi) is 6.49. The van der Waals surface area contributed by atoms with E-state index in [-0.39, 0.29) is 0 Å². The summed E-state index contributed by atoms with van der Waals surface area (Å²) < 4.78 is 6.83. The lowest BCUT2D eigenvalue weighted by Gasteiger charge is -2.13. The van der Waals surface area contributed by atoms with Crippen molar-refractivity contribution in [2.75, 3.05) is 6.54 Å². The maximum atomic E-state index is 6.25. The van der Waals surface area contributed by atoms with Gasteiger partial charge in [0.25, 0.3) is 0 Å². The van der Waals surface area contributed by atoms with Gasteiger partial charge in [0, 0.05) is 22.8 Å². The molecule has 0 fully saturated rings. The summed E-state index contributed by atoms with van der Waals surface area (Å²) in [5.74, 6) is 0.729. The third kappa shape index (κ3) is 4.99. The van der Waals surface area contributed by atoms with Crippen LogP contribution in [0, 0.1) is 0 Å². The van der Waals surface area contributed by atoms with Crippen LogP contribution in [0.3, 0.4) is 0 Å². The lowest BCUT2D eigenvalue weighted by molar-refractivity contribution is 0.297. The first-order valence-corrected chi connectivity index (χ1v) is 8.09. The summed E-state index contributed by atoms with van der Waals surface area (Å²) in [6.45, 7) is 4.26. The highest BCUT2D eigenvalue weighted by molar-refractivity contribution is 9.10. The molecule has 0 atom stereocenters. The molecule has 0 spiro atoms. The Morgan fingerprint density at radius 3 is 2.86 bits per heavy atom. The number of benzene rings is 1. The molecule has 2 aromatic rings. The SMILES string of the molecule is CCCNCc1cccc(Cl)c1OCc1ccc(Br)cn1. The van der Waals surface area contributed by atoms with Crippen molar-refractivity contribution in [2.24, 2.45) is 0 Å². The predicted octanol–water partition coefficient (Wildman–Crippen LogP) is 4.58. The number of aromatic nitrogens is 1. The van der Waals surface area contributed by atoms with Gasteiger partial charge in [0.05, 0.1) is 10.7 Å². The minimum Gasteiger partial charge on any atom is -0.485 e. The Hall–Kier alpha value is -1.10. The van der Waals surface area contributed by atoms with Gasteiger partial charge in [-0.1, -0.05) is 30.7 Å². The molecule has 112 valence electrons. The fourth-order valence-electron chi connectivity index (χ4n) is 1.89. The molecule has 1 aromatic heterocycles. The van der Waals surface area contributed by atoms with Crippen LogP contribution < -0.4 is 10.1 Å². The molecule has 3 nitrogen and oxygen atoms in total. The average Bonchev–Trinajstić information content (AvgIpc) is 2.48. The van der Waals surface area contributed by atoms with E-state index in [1.807, 2.05) is 30.3 Å². The number of ether oxygens (including phenoxy) is 1. The molecule has 1 aromatic carbocycles. The third-order valence-electron chi connectivity index (χ3n) is 2.94. The van der Waals surface area contributed by atoms with Gasteiger partial charge in [-0.3, -0.25) is 4.98 Å². The average molecular weight is 370 g/mol. The zero-order valence-electron chi connectivity index (χ0n) is 11.9. The van der Waals surface area contributed by atoms with Gasteiger partial charge in [0.1, 0.15) is 12.4 Å². The number of pyridine rings is 1. The first-order valence-electron chi connectivity index (χ1n) is 6.92. The number of rotatable bonds is 7. The van der Waals surface area contributed by atoms with E-state index in [1.54, 1.807) is 6.20 Å². The number of hydrogen-bond donors (Lipinski definition) is 1. The molecule has 0 radical (unpaired) electrons.